The van der Waals surface area contributed by atoms with Crippen LogP contribution in [-0.2, 0) is 0 Å². The fraction of sp³-hybridized carbons (Fsp3) is 0.200. The minimum atomic E-state index is -0.823. The van der Waals surface area contributed by atoms with Gasteiger partial charge in [0.05, 0.1) is 7.11 Å². The molecule has 62 valence electrons. The molecule has 1 rings (SSSR count). The van der Waals surface area contributed by atoms with E-state index in [1.807, 2.05) is 0 Å². The van der Waals surface area contributed by atoms with Crippen LogP contribution in [0.4, 0.5) is 0 Å². The largest absolute Gasteiger partial charge is 0.497 e. The van der Waals surface area contributed by atoms with E-state index in [9.17, 15) is 5.11 Å². The molecule has 0 spiro atoms. The van der Waals surface area contributed by atoms with Crippen LogP contribution in [0.25, 0.3) is 0 Å². The van der Waals surface area contributed by atoms with Crippen molar-refractivity contribution in [3.63, 3.8) is 0 Å². The van der Waals surface area contributed by atoms with Crippen molar-refractivity contribution in [2.75, 3.05) is 7.11 Å². The van der Waals surface area contributed by atoms with E-state index in [1.54, 1.807) is 31.4 Å². The summed E-state index contributed by atoms with van der Waals surface area (Å²) in [6.07, 6.45) is 4.22. The van der Waals surface area contributed by atoms with E-state index in [1.165, 1.54) is 0 Å². The van der Waals surface area contributed by atoms with Crippen LogP contribution in [0.5, 0.6) is 5.75 Å². The zero-order chi connectivity index (χ0) is 8.97. The SMILES string of the molecule is C#C[C@@H](O)c1ccc(OC)cc1. The molecule has 0 bridgehead atoms. The van der Waals surface area contributed by atoms with Gasteiger partial charge in [0, 0.05) is 0 Å². The van der Waals surface area contributed by atoms with Gasteiger partial charge in [-0.05, 0) is 17.7 Å². The second-order valence-corrected chi connectivity index (χ2v) is 2.34. The molecule has 0 heterocycles. The number of hydrogen-bond donors (Lipinski definition) is 1. The van der Waals surface area contributed by atoms with Gasteiger partial charge in [-0.1, -0.05) is 18.1 Å². The fourth-order valence-electron chi connectivity index (χ4n) is 0.882. The third-order valence-electron chi connectivity index (χ3n) is 1.59. The zero-order valence-corrected chi connectivity index (χ0v) is 6.82. The Morgan fingerprint density at radius 3 is 2.42 bits per heavy atom. The summed E-state index contributed by atoms with van der Waals surface area (Å²) in [5.41, 5.74) is 0.707. The number of rotatable bonds is 2. The van der Waals surface area contributed by atoms with Crippen LogP contribution in [0.15, 0.2) is 24.3 Å². The summed E-state index contributed by atoms with van der Waals surface area (Å²) in [5.74, 6) is 2.99. The molecule has 0 fully saturated rings. The quantitative estimate of drug-likeness (QED) is 0.665. The second-order valence-electron chi connectivity index (χ2n) is 2.34. The molecule has 0 unspecified atom stereocenters. The van der Waals surface area contributed by atoms with E-state index >= 15 is 0 Å². The molecule has 0 aromatic heterocycles. The topological polar surface area (TPSA) is 29.5 Å². The summed E-state index contributed by atoms with van der Waals surface area (Å²) < 4.78 is 4.95. The molecular weight excluding hydrogens is 152 g/mol. The van der Waals surface area contributed by atoms with E-state index in [4.69, 9.17) is 11.2 Å². The van der Waals surface area contributed by atoms with Gasteiger partial charge in [0.2, 0.25) is 0 Å². The van der Waals surface area contributed by atoms with Crippen molar-refractivity contribution >= 4 is 0 Å². The fourth-order valence-corrected chi connectivity index (χ4v) is 0.882. The predicted molar refractivity (Wildman–Crippen MR) is 46.8 cm³/mol. The van der Waals surface area contributed by atoms with Crippen molar-refractivity contribution in [1.82, 2.24) is 0 Å². The van der Waals surface area contributed by atoms with Crippen molar-refractivity contribution in [3.05, 3.63) is 29.8 Å². The van der Waals surface area contributed by atoms with Gasteiger partial charge in [0.1, 0.15) is 11.9 Å². The molecular formula is C10H10O2. The predicted octanol–water partition coefficient (Wildman–Crippen LogP) is 1.36. The Labute approximate surface area is 71.8 Å². The highest BCUT2D eigenvalue weighted by molar-refractivity contribution is 5.30. The van der Waals surface area contributed by atoms with Crippen molar-refractivity contribution in [3.8, 4) is 18.1 Å². The number of terminal acetylenes is 1. The molecule has 1 N–H and O–H groups in total. The molecule has 1 atom stereocenters. The number of methoxy groups -OCH3 is 1. The first-order chi connectivity index (χ1) is 5.77. The first-order valence-electron chi connectivity index (χ1n) is 3.56. The van der Waals surface area contributed by atoms with Gasteiger partial charge >= 0.3 is 0 Å². The lowest BCUT2D eigenvalue weighted by atomic mass is 10.1. The molecule has 0 aliphatic carbocycles. The highest BCUT2D eigenvalue weighted by Crippen LogP contribution is 2.16. The van der Waals surface area contributed by atoms with Crippen molar-refractivity contribution in [2.24, 2.45) is 0 Å². The van der Waals surface area contributed by atoms with Crippen LogP contribution in [0.3, 0.4) is 0 Å². The lowest BCUT2D eigenvalue weighted by molar-refractivity contribution is 0.238. The minimum absolute atomic E-state index is 0.707. The smallest absolute Gasteiger partial charge is 0.139 e. The molecule has 0 saturated heterocycles. The van der Waals surface area contributed by atoms with E-state index in [-0.39, 0.29) is 0 Å². The lowest BCUT2D eigenvalue weighted by Gasteiger charge is -2.04. The molecule has 1 aromatic carbocycles. The summed E-state index contributed by atoms with van der Waals surface area (Å²) >= 11 is 0. The summed E-state index contributed by atoms with van der Waals surface area (Å²) in [6.45, 7) is 0. The lowest BCUT2D eigenvalue weighted by Crippen LogP contribution is -1.92. The van der Waals surface area contributed by atoms with Gasteiger partial charge in [-0.3, -0.25) is 0 Å². The standard InChI is InChI=1S/C10H10O2/c1-3-10(11)8-4-6-9(12-2)7-5-8/h1,4-7,10-11H,2H3/t10-/m1/s1. The molecule has 0 radical (unpaired) electrons. The Hall–Kier alpha value is -1.46. The number of benzene rings is 1. The third-order valence-corrected chi connectivity index (χ3v) is 1.59. The molecule has 0 amide bonds. The van der Waals surface area contributed by atoms with E-state index in [0.29, 0.717) is 5.56 Å². The Balaban J connectivity index is 2.86. The Morgan fingerprint density at radius 2 is 2.00 bits per heavy atom. The van der Waals surface area contributed by atoms with Gasteiger partial charge in [-0.2, -0.15) is 0 Å². The molecule has 0 aliphatic heterocycles. The van der Waals surface area contributed by atoms with E-state index < -0.39 is 6.10 Å². The summed E-state index contributed by atoms with van der Waals surface area (Å²) in [7, 11) is 1.59. The van der Waals surface area contributed by atoms with Crippen molar-refractivity contribution < 1.29 is 9.84 Å². The maximum atomic E-state index is 9.22. The van der Waals surface area contributed by atoms with Crippen LogP contribution >= 0.6 is 0 Å². The maximum Gasteiger partial charge on any atom is 0.139 e. The molecule has 12 heavy (non-hydrogen) atoms. The first kappa shape index (κ1) is 8.63. The zero-order valence-electron chi connectivity index (χ0n) is 6.82. The third kappa shape index (κ3) is 1.77. The molecule has 0 saturated carbocycles. The Kier molecular flexibility index (Phi) is 2.73. The van der Waals surface area contributed by atoms with Crippen LogP contribution < -0.4 is 4.74 Å². The molecule has 2 nitrogen and oxygen atoms in total. The van der Waals surface area contributed by atoms with Gasteiger partial charge in [0.15, 0.2) is 0 Å². The number of aliphatic hydroxyl groups excluding tert-OH is 1. The van der Waals surface area contributed by atoms with Gasteiger partial charge in [0.25, 0.3) is 0 Å². The van der Waals surface area contributed by atoms with Crippen LogP contribution in [0.1, 0.15) is 11.7 Å². The minimum Gasteiger partial charge on any atom is -0.497 e. The average Bonchev–Trinajstić information content (AvgIpc) is 2.17. The first-order valence-corrected chi connectivity index (χ1v) is 3.56. The van der Waals surface area contributed by atoms with Crippen molar-refractivity contribution in [2.45, 2.75) is 6.10 Å². The van der Waals surface area contributed by atoms with Gasteiger partial charge < -0.3 is 9.84 Å². The molecule has 2 heteroatoms. The monoisotopic (exact) mass is 162 g/mol. The maximum absolute atomic E-state index is 9.22. The van der Waals surface area contributed by atoms with Gasteiger partial charge in [-0.15, -0.1) is 6.42 Å². The summed E-state index contributed by atoms with van der Waals surface area (Å²) in [4.78, 5) is 0. The van der Waals surface area contributed by atoms with E-state index in [2.05, 4.69) is 5.92 Å². The summed E-state index contributed by atoms with van der Waals surface area (Å²) in [5, 5.41) is 9.22. The Bertz CT molecular complexity index is 282. The molecule has 1 aromatic rings. The number of aliphatic hydroxyl groups is 1. The molecule has 0 aliphatic rings. The number of hydrogen-bond acceptors (Lipinski definition) is 2. The Morgan fingerprint density at radius 1 is 1.42 bits per heavy atom. The number of ether oxygens (including phenoxy) is 1. The average molecular weight is 162 g/mol. The van der Waals surface area contributed by atoms with E-state index in [0.717, 1.165) is 5.75 Å². The van der Waals surface area contributed by atoms with Gasteiger partial charge in [-0.25, -0.2) is 0 Å². The highest BCUT2D eigenvalue weighted by Gasteiger charge is 2.01. The summed E-state index contributed by atoms with van der Waals surface area (Å²) in [6, 6.07) is 7.00. The van der Waals surface area contributed by atoms with Crippen LogP contribution in [0.2, 0.25) is 0 Å². The highest BCUT2D eigenvalue weighted by atomic mass is 16.5. The second kappa shape index (κ2) is 3.80. The van der Waals surface area contributed by atoms with Crippen molar-refractivity contribution in [1.29, 1.82) is 0 Å². The van der Waals surface area contributed by atoms with Crippen LogP contribution in [0, 0.1) is 12.3 Å². The normalized spacial score (nSPS) is 11.8. The van der Waals surface area contributed by atoms with Crippen LogP contribution in [-0.4, -0.2) is 12.2 Å².